The molecule has 0 aliphatic rings. The van der Waals surface area contributed by atoms with Crippen LogP contribution in [0.15, 0.2) is 78.9 Å². The zero-order valence-corrected chi connectivity index (χ0v) is 13.3. The molecule has 0 unspecified atom stereocenters. The molecule has 120 valence electrons. The van der Waals surface area contributed by atoms with Crippen molar-refractivity contribution in [3.63, 3.8) is 0 Å². The third-order valence-electron chi connectivity index (χ3n) is 3.89. The minimum Gasteiger partial charge on any atom is -0.369 e. The molecule has 3 rings (SSSR count). The van der Waals surface area contributed by atoms with Crippen LogP contribution in [0.1, 0.15) is 22.3 Å². The van der Waals surface area contributed by atoms with Gasteiger partial charge in [0.25, 0.3) is 0 Å². The maximum Gasteiger partial charge on any atom is 0.177 e. The van der Waals surface area contributed by atoms with Gasteiger partial charge in [-0.2, -0.15) is 5.26 Å². The number of benzene rings is 3. The van der Waals surface area contributed by atoms with Crippen LogP contribution in [0.25, 0.3) is 0 Å². The molecule has 0 bridgehead atoms. The molecule has 0 radical (unpaired) electrons. The lowest BCUT2D eigenvalue weighted by molar-refractivity contribution is 0.145. The van der Waals surface area contributed by atoms with Gasteiger partial charge in [0, 0.05) is 16.7 Å². The molecule has 3 heteroatoms. The molecule has 3 aromatic rings. The van der Waals surface area contributed by atoms with Crippen molar-refractivity contribution in [3.8, 4) is 17.9 Å². The van der Waals surface area contributed by atoms with Crippen LogP contribution in [-0.2, 0) is 5.60 Å². The lowest BCUT2D eigenvalue weighted by atomic mass is 9.86. The van der Waals surface area contributed by atoms with Crippen molar-refractivity contribution < 1.29 is 9.50 Å². The predicted molar refractivity (Wildman–Crippen MR) is 93.9 cm³/mol. The van der Waals surface area contributed by atoms with Crippen LogP contribution in [0.5, 0.6) is 0 Å². The van der Waals surface area contributed by atoms with Crippen LogP contribution >= 0.6 is 0 Å². The van der Waals surface area contributed by atoms with Crippen molar-refractivity contribution in [2.45, 2.75) is 5.60 Å². The van der Waals surface area contributed by atoms with Gasteiger partial charge < -0.3 is 5.11 Å². The zero-order valence-electron chi connectivity index (χ0n) is 13.3. The molecule has 25 heavy (non-hydrogen) atoms. The van der Waals surface area contributed by atoms with E-state index in [0.717, 1.165) is 0 Å². The molecule has 0 aliphatic carbocycles. The third-order valence-corrected chi connectivity index (χ3v) is 3.89. The van der Waals surface area contributed by atoms with Crippen molar-refractivity contribution in [1.82, 2.24) is 0 Å². The van der Waals surface area contributed by atoms with Gasteiger partial charge >= 0.3 is 0 Å². The van der Waals surface area contributed by atoms with Gasteiger partial charge in [0.15, 0.2) is 5.60 Å². The minimum absolute atomic E-state index is 0.126. The Morgan fingerprint density at radius 2 is 1.36 bits per heavy atom. The Morgan fingerprint density at radius 3 is 1.88 bits per heavy atom. The molecule has 0 amide bonds. The van der Waals surface area contributed by atoms with E-state index < -0.39 is 11.4 Å². The van der Waals surface area contributed by atoms with E-state index in [1.807, 2.05) is 42.5 Å². The van der Waals surface area contributed by atoms with E-state index >= 15 is 0 Å². The highest BCUT2D eigenvalue weighted by Crippen LogP contribution is 2.29. The van der Waals surface area contributed by atoms with Crippen LogP contribution in [0.3, 0.4) is 0 Å². The Hall–Kier alpha value is -3.40. The molecule has 3 aromatic carbocycles. The molecule has 0 aromatic heterocycles. The number of nitriles is 1. The molecule has 2 nitrogen and oxygen atoms in total. The lowest BCUT2D eigenvalue weighted by Crippen LogP contribution is -2.25. The fraction of sp³-hybridized carbons (Fsp3) is 0.0455. The smallest absolute Gasteiger partial charge is 0.177 e. The molecule has 0 atom stereocenters. The highest BCUT2D eigenvalue weighted by molar-refractivity contribution is 5.52. The Bertz CT molecular complexity index is 940. The molecular formula is C22H14FNO. The maximum atomic E-state index is 13.8. The molecule has 1 N–H and O–H groups in total. The number of hydrogen-bond donors (Lipinski definition) is 1. The Kier molecular flexibility index (Phi) is 4.61. The summed E-state index contributed by atoms with van der Waals surface area (Å²) in [7, 11) is 0. The van der Waals surface area contributed by atoms with E-state index in [1.165, 1.54) is 12.1 Å². The van der Waals surface area contributed by atoms with Crippen LogP contribution < -0.4 is 0 Å². The topological polar surface area (TPSA) is 44.0 Å². The van der Waals surface area contributed by atoms with Gasteiger partial charge in [-0.1, -0.05) is 78.6 Å². The molecular weight excluding hydrogens is 313 g/mol. The molecule has 0 spiro atoms. The highest BCUT2D eigenvalue weighted by Gasteiger charge is 2.29. The molecule has 0 fully saturated rings. The van der Waals surface area contributed by atoms with Crippen molar-refractivity contribution in [1.29, 1.82) is 5.26 Å². The van der Waals surface area contributed by atoms with Crippen LogP contribution in [-0.4, -0.2) is 5.11 Å². The minimum atomic E-state index is -1.57. The van der Waals surface area contributed by atoms with Crippen molar-refractivity contribution in [3.05, 3.63) is 107 Å². The quantitative estimate of drug-likeness (QED) is 0.724. The first-order chi connectivity index (χ1) is 12.1. The van der Waals surface area contributed by atoms with Gasteiger partial charge in [0.1, 0.15) is 17.4 Å². The summed E-state index contributed by atoms with van der Waals surface area (Å²) in [6.45, 7) is 0. The summed E-state index contributed by atoms with van der Waals surface area (Å²) in [5, 5.41) is 20.4. The van der Waals surface area contributed by atoms with E-state index in [4.69, 9.17) is 5.26 Å². The zero-order chi connectivity index (χ0) is 17.7. The summed E-state index contributed by atoms with van der Waals surface area (Å²) >= 11 is 0. The van der Waals surface area contributed by atoms with E-state index in [2.05, 4.69) is 11.8 Å². The normalized spacial score (nSPS) is 10.4. The molecule has 0 aliphatic heterocycles. The second kappa shape index (κ2) is 7.01. The van der Waals surface area contributed by atoms with Crippen LogP contribution in [0.2, 0.25) is 0 Å². The fourth-order valence-electron chi connectivity index (χ4n) is 2.57. The van der Waals surface area contributed by atoms with Gasteiger partial charge in [-0.3, -0.25) is 0 Å². The van der Waals surface area contributed by atoms with Gasteiger partial charge in [-0.05, 0) is 12.1 Å². The van der Waals surface area contributed by atoms with Crippen LogP contribution in [0, 0.1) is 29.0 Å². The third kappa shape index (κ3) is 3.28. The first kappa shape index (κ1) is 16.5. The standard InChI is InChI=1S/C22H14FNO/c23-21-13-7-8-17(20(21)16-24)14-15-22(25,18-9-3-1-4-10-18)19-11-5-2-6-12-19/h1-13,25H. The van der Waals surface area contributed by atoms with E-state index in [1.54, 1.807) is 30.3 Å². The van der Waals surface area contributed by atoms with E-state index in [-0.39, 0.29) is 11.1 Å². The summed E-state index contributed by atoms with van der Waals surface area (Å²) in [5.41, 5.74) is -0.250. The average molecular weight is 327 g/mol. The number of nitrogens with zero attached hydrogens (tertiary/aromatic N) is 1. The highest BCUT2D eigenvalue weighted by atomic mass is 19.1. The van der Waals surface area contributed by atoms with E-state index in [0.29, 0.717) is 11.1 Å². The van der Waals surface area contributed by atoms with Gasteiger partial charge in [0.2, 0.25) is 0 Å². The van der Waals surface area contributed by atoms with Gasteiger partial charge in [-0.15, -0.1) is 0 Å². The monoisotopic (exact) mass is 327 g/mol. The number of aliphatic hydroxyl groups is 1. The molecule has 0 saturated carbocycles. The van der Waals surface area contributed by atoms with Crippen molar-refractivity contribution in [2.75, 3.05) is 0 Å². The number of halogens is 1. The Balaban J connectivity index is 2.17. The first-order valence-corrected chi connectivity index (χ1v) is 7.70. The SMILES string of the molecule is N#Cc1c(F)cccc1C#CC(O)(c1ccccc1)c1ccccc1. The Labute approximate surface area is 145 Å². The summed E-state index contributed by atoms with van der Waals surface area (Å²) in [6.07, 6.45) is 0. The van der Waals surface area contributed by atoms with Gasteiger partial charge in [-0.25, -0.2) is 4.39 Å². The van der Waals surface area contributed by atoms with Crippen molar-refractivity contribution in [2.24, 2.45) is 0 Å². The van der Waals surface area contributed by atoms with Crippen LogP contribution in [0.4, 0.5) is 4.39 Å². The second-order valence-corrected chi connectivity index (χ2v) is 5.47. The lowest BCUT2D eigenvalue weighted by Gasteiger charge is -2.23. The van der Waals surface area contributed by atoms with E-state index in [9.17, 15) is 9.50 Å². The number of rotatable bonds is 2. The maximum absolute atomic E-state index is 13.8. The van der Waals surface area contributed by atoms with Crippen molar-refractivity contribution >= 4 is 0 Å². The summed E-state index contributed by atoms with van der Waals surface area (Å²) in [5.74, 6) is 4.99. The summed E-state index contributed by atoms with van der Waals surface area (Å²) in [4.78, 5) is 0. The fourth-order valence-corrected chi connectivity index (χ4v) is 2.57. The Morgan fingerprint density at radius 1 is 0.800 bits per heavy atom. The predicted octanol–water partition coefficient (Wildman–Crippen LogP) is 3.98. The number of hydrogen-bond acceptors (Lipinski definition) is 2. The average Bonchev–Trinajstić information content (AvgIpc) is 2.67. The molecule has 0 heterocycles. The first-order valence-electron chi connectivity index (χ1n) is 7.70. The summed E-state index contributed by atoms with van der Waals surface area (Å²) in [6, 6.07) is 24.1. The largest absolute Gasteiger partial charge is 0.369 e. The van der Waals surface area contributed by atoms with Gasteiger partial charge in [0.05, 0.1) is 0 Å². The molecule has 0 saturated heterocycles. The summed E-state index contributed by atoms with van der Waals surface area (Å²) < 4.78 is 13.8. The second-order valence-electron chi connectivity index (χ2n) is 5.47.